The van der Waals surface area contributed by atoms with E-state index in [9.17, 15) is 14.4 Å². The molecule has 2 aromatic carbocycles. The van der Waals surface area contributed by atoms with Crippen molar-refractivity contribution in [2.75, 3.05) is 7.11 Å². The molecule has 0 amide bonds. The van der Waals surface area contributed by atoms with Crippen LogP contribution in [0.25, 0.3) is 0 Å². The number of benzene rings is 2. The molecule has 3 rings (SSSR count). The number of pyridine rings is 1. The monoisotopic (exact) mass is 543 g/mol. The number of esters is 2. The van der Waals surface area contributed by atoms with Crippen LogP contribution < -0.4 is 9.47 Å². The molecular weight excluding hydrogens is 517 g/mol. The molecule has 0 spiro atoms. The Kier molecular flexibility index (Phi) is 9.66. The van der Waals surface area contributed by atoms with Crippen LogP contribution in [0.15, 0.2) is 60.8 Å². The second-order valence-electron chi connectivity index (χ2n) is 8.54. The normalized spacial score (nSPS) is 12.5. The van der Waals surface area contributed by atoms with Gasteiger partial charge in [0, 0.05) is 41.6 Å². The lowest BCUT2D eigenvalue weighted by molar-refractivity contribution is -0.153. The zero-order valence-corrected chi connectivity index (χ0v) is 22.4. The quantitative estimate of drug-likeness (QED) is 0.219. The van der Waals surface area contributed by atoms with Gasteiger partial charge in [0.25, 0.3) is 0 Å². The van der Waals surface area contributed by atoms with Crippen LogP contribution in [-0.2, 0) is 14.3 Å². The Morgan fingerprint density at radius 2 is 1.54 bits per heavy atom. The van der Waals surface area contributed by atoms with Crippen LogP contribution >= 0.6 is 23.2 Å². The number of aromatic nitrogens is 1. The smallest absolute Gasteiger partial charge is 0.309 e. The molecule has 0 unspecified atom stereocenters. The molecule has 0 saturated carbocycles. The Morgan fingerprint density at radius 3 is 2.05 bits per heavy atom. The fraction of sp³-hybridized carbons (Fsp3) is 0.286. The van der Waals surface area contributed by atoms with E-state index in [0.29, 0.717) is 10.0 Å². The average molecular weight is 544 g/mol. The molecular formula is C28H27Cl2NO6. The summed E-state index contributed by atoms with van der Waals surface area (Å²) < 4.78 is 16.2. The minimum absolute atomic E-state index is 0.0848. The first kappa shape index (κ1) is 28.2. The van der Waals surface area contributed by atoms with Crippen molar-refractivity contribution in [1.82, 2.24) is 4.98 Å². The van der Waals surface area contributed by atoms with Gasteiger partial charge in [-0.3, -0.25) is 14.4 Å². The van der Waals surface area contributed by atoms with Gasteiger partial charge in [-0.25, -0.2) is 4.98 Å². The topological polar surface area (TPSA) is 91.8 Å². The van der Waals surface area contributed by atoms with E-state index in [1.54, 1.807) is 26.0 Å². The highest BCUT2D eigenvalue weighted by atomic mass is 35.5. The summed E-state index contributed by atoms with van der Waals surface area (Å²) in [6.07, 6.45) is 0.553. The molecule has 1 heterocycles. The molecule has 194 valence electrons. The SMILES string of the molecule is COc1ccnc(C(=O)C[C@@H](C)C(=O)O[C@@H](C)C(c2cccc(Cl)c2)c2cccc(Cl)c2)c1OC(C)=O. The third-order valence-corrected chi connectivity index (χ3v) is 6.15. The molecule has 0 aliphatic heterocycles. The average Bonchev–Trinajstić information content (AvgIpc) is 2.84. The zero-order valence-electron chi connectivity index (χ0n) is 20.9. The summed E-state index contributed by atoms with van der Waals surface area (Å²) in [5.41, 5.74) is 1.61. The molecule has 3 aromatic rings. The second-order valence-corrected chi connectivity index (χ2v) is 9.42. The number of carbonyl (C=O) groups is 3. The molecule has 0 aliphatic carbocycles. The van der Waals surface area contributed by atoms with E-state index in [-0.39, 0.29) is 29.5 Å². The lowest BCUT2D eigenvalue weighted by atomic mass is 9.87. The largest absolute Gasteiger partial charge is 0.493 e. The maximum Gasteiger partial charge on any atom is 0.309 e. The number of Topliss-reactive ketones (excluding diaryl/α,β-unsaturated/α-hetero) is 1. The number of carbonyl (C=O) groups excluding carboxylic acids is 3. The number of ketones is 1. The van der Waals surface area contributed by atoms with E-state index in [1.165, 1.54) is 26.3 Å². The highest BCUT2D eigenvalue weighted by molar-refractivity contribution is 6.31. The molecule has 0 bridgehead atoms. The molecule has 2 atom stereocenters. The van der Waals surface area contributed by atoms with Crippen LogP contribution in [0.4, 0.5) is 0 Å². The molecule has 0 fully saturated rings. The lowest BCUT2D eigenvalue weighted by Crippen LogP contribution is -2.28. The van der Waals surface area contributed by atoms with E-state index < -0.39 is 29.7 Å². The van der Waals surface area contributed by atoms with Gasteiger partial charge < -0.3 is 14.2 Å². The number of nitrogens with zero attached hydrogens (tertiary/aromatic N) is 1. The van der Waals surface area contributed by atoms with Gasteiger partial charge in [-0.2, -0.15) is 0 Å². The standard InChI is InChI=1S/C28H27Cl2NO6/c1-16(13-23(33)26-27(37-18(3)32)24(35-4)11-12-31-26)28(34)36-17(2)25(19-7-5-9-21(29)14-19)20-8-6-10-22(30)15-20/h5-12,14-17,25H,13H2,1-4H3/t16-,17+/m1/s1. The number of hydrogen-bond acceptors (Lipinski definition) is 7. The van der Waals surface area contributed by atoms with Gasteiger partial charge in [0.15, 0.2) is 17.2 Å². The van der Waals surface area contributed by atoms with Gasteiger partial charge in [0.05, 0.1) is 13.0 Å². The van der Waals surface area contributed by atoms with Crippen molar-refractivity contribution >= 4 is 40.9 Å². The maximum absolute atomic E-state index is 13.0. The van der Waals surface area contributed by atoms with Crippen LogP contribution in [0.1, 0.15) is 54.7 Å². The van der Waals surface area contributed by atoms with Crippen molar-refractivity contribution in [3.8, 4) is 11.5 Å². The first-order valence-corrected chi connectivity index (χ1v) is 12.3. The highest BCUT2D eigenvalue weighted by Crippen LogP contribution is 2.34. The molecule has 0 N–H and O–H groups in total. The van der Waals surface area contributed by atoms with Crippen molar-refractivity contribution in [2.45, 2.75) is 39.2 Å². The van der Waals surface area contributed by atoms with E-state index in [4.69, 9.17) is 37.4 Å². The first-order chi connectivity index (χ1) is 17.6. The summed E-state index contributed by atoms with van der Waals surface area (Å²) in [5, 5.41) is 1.10. The fourth-order valence-electron chi connectivity index (χ4n) is 3.99. The number of rotatable bonds is 10. The Hall–Kier alpha value is -3.42. The maximum atomic E-state index is 13.0. The predicted octanol–water partition coefficient (Wildman–Crippen LogP) is 6.30. The highest BCUT2D eigenvalue weighted by Gasteiger charge is 2.29. The molecule has 7 nitrogen and oxygen atoms in total. The van der Waals surface area contributed by atoms with Gasteiger partial charge in [0.2, 0.25) is 5.75 Å². The van der Waals surface area contributed by atoms with Crippen LogP contribution in [-0.4, -0.2) is 35.9 Å². The Labute approximate surface area is 225 Å². The summed E-state index contributed by atoms with van der Waals surface area (Å²) in [6.45, 7) is 4.58. The Bertz CT molecular complexity index is 1250. The van der Waals surface area contributed by atoms with Crippen molar-refractivity contribution in [3.63, 3.8) is 0 Å². The van der Waals surface area contributed by atoms with E-state index in [0.717, 1.165) is 11.1 Å². The molecule has 0 saturated heterocycles. The minimum Gasteiger partial charge on any atom is -0.493 e. The fourth-order valence-corrected chi connectivity index (χ4v) is 4.39. The molecule has 1 aromatic heterocycles. The number of halogens is 2. The third-order valence-electron chi connectivity index (χ3n) is 5.68. The first-order valence-electron chi connectivity index (χ1n) is 11.6. The van der Waals surface area contributed by atoms with Crippen molar-refractivity contribution in [3.05, 3.63) is 87.7 Å². The van der Waals surface area contributed by atoms with Crippen LogP contribution in [0, 0.1) is 5.92 Å². The molecule has 0 aliphatic rings. The minimum atomic E-state index is -0.799. The summed E-state index contributed by atoms with van der Waals surface area (Å²) in [4.78, 5) is 41.7. The van der Waals surface area contributed by atoms with Gasteiger partial charge in [-0.15, -0.1) is 0 Å². The second kappa shape index (κ2) is 12.7. The van der Waals surface area contributed by atoms with E-state index in [2.05, 4.69) is 4.98 Å². The molecule has 9 heteroatoms. The van der Waals surface area contributed by atoms with E-state index in [1.807, 2.05) is 36.4 Å². The Morgan fingerprint density at radius 1 is 0.946 bits per heavy atom. The van der Waals surface area contributed by atoms with Gasteiger partial charge in [-0.1, -0.05) is 54.4 Å². The molecule has 0 radical (unpaired) electrons. The van der Waals surface area contributed by atoms with Crippen LogP contribution in [0.3, 0.4) is 0 Å². The summed E-state index contributed by atoms with van der Waals surface area (Å²) in [6, 6.07) is 16.1. The van der Waals surface area contributed by atoms with Crippen LogP contribution in [0.5, 0.6) is 11.5 Å². The summed E-state index contributed by atoms with van der Waals surface area (Å²) >= 11 is 12.5. The number of hydrogen-bond donors (Lipinski definition) is 0. The van der Waals surface area contributed by atoms with Gasteiger partial charge >= 0.3 is 11.9 Å². The van der Waals surface area contributed by atoms with E-state index >= 15 is 0 Å². The Balaban J connectivity index is 1.80. The van der Waals surface area contributed by atoms with Crippen LogP contribution in [0.2, 0.25) is 10.0 Å². The molecule has 37 heavy (non-hydrogen) atoms. The third kappa shape index (κ3) is 7.31. The summed E-state index contributed by atoms with van der Waals surface area (Å²) in [5.74, 6) is -2.73. The van der Waals surface area contributed by atoms with Crippen molar-refractivity contribution < 1.29 is 28.6 Å². The van der Waals surface area contributed by atoms with Crippen molar-refractivity contribution in [1.29, 1.82) is 0 Å². The van der Waals surface area contributed by atoms with Gasteiger partial charge in [0.1, 0.15) is 6.10 Å². The number of ether oxygens (including phenoxy) is 3. The predicted molar refractivity (Wildman–Crippen MR) is 141 cm³/mol. The van der Waals surface area contributed by atoms with Gasteiger partial charge in [-0.05, 0) is 42.3 Å². The van der Waals surface area contributed by atoms with Crippen molar-refractivity contribution in [2.24, 2.45) is 5.92 Å². The number of methoxy groups -OCH3 is 1. The zero-order chi connectivity index (χ0) is 27.1. The lowest BCUT2D eigenvalue weighted by Gasteiger charge is -2.26. The summed E-state index contributed by atoms with van der Waals surface area (Å²) in [7, 11) is 1.38.